The molecule has 1 heterocycles. The molecule has 0 amide bonds. The summed E-state index contributed by atoms with van der Waals surface area (Å²) in [5.41, 5.74) is 3.78. The van der Waals surface area contributed by atoms with Gasteiger partial charge in [-0.15, -0.1) is 0 Å². The van der Waals surface area contributed by atoms with Gasteiger partial charge in [0.05, 0.1) is 17.9 Å². The zero-order chi connectivity index (χ0) is 15.3. The number of para-hydroxylation sites is 1. The molecule has 0 saturated carbocycles. The number of halogens is 3. The summed E-state index contributed by atoms with van der Waals surface area (Å²) >= 11 is 0. The maximum Gasteiger partial charge on any atom is 0.389 e. The molecule has 2 aromatic rings. The number of nitrogens with one attached hydrogen (secondary N) is 1. The van der Waals surface area contributed by atoms with Crippen LogP contribution in [-0.2, 0) is 0 Å². The lowest BCUT2D eigenvalue weighted by Crippen LogP contribution is -2.28. The van der Waals surface area contributed by atoms with Crippen LogP contribution < -0.4 is 11.3 Å². The van der Waals surface area contributed by atoms with Gasteiger partial charge in [0.25, 0.3) is 0 Å². The molecule has 0 aliphatic carbocycles. The highest BCUT2D eigenvalue weighted by atomic mass is 19.4. The van der Waals surface area contributed by atoms with Gasteiger partial charge in [-0.3, -0.25) is 11.3 Å². The lowest BCUT2D eigenvalue weighted by molar-refractivity contribution is -0.135. The van der Waals surface area contributed by atoms with Crippen LogP contribution in [-0.4, -0.2) is 21.2 Å². The summed E-state index contributed by atoms with van der Waals surface area (Å²) in [6, 6.07) is 8.77. The van der Waals surface area contributed by atoms with E-state index >= 15 is 0 Å². The lowest BCUT2D eigenvalue weighted by Gasteiger charge is -2.13. The second-order valence-corrected chi connectivity index (χ2v) is 4.62. The van der Waals surface area contributed by atoms with E-state index in [4.69, 9.17) is 5.84 Å². The number of aromatic nitrogens is 3. The molecule has 1 aromatic heterocycles. The van der Waals surface area contributed by atoms with Crippen LogP contribution in [0, 0.1) is 0 Å². The SMILES string of the molecule is NNC(CCCC(F)(F)F)c1cnn(-c2ccccc2)n1. The van der Waals surface area contributed by atoms with E-state index in [1.165, 1.54) is 11.0 Å². The van der Waals surface area contributed by atoms with Gasteiger partial charge in [-0.2, -0.15) is 28.2 Å². The van der Waals surface area contributed by atoms with Crippen molar-refractivity contribution in [3.63, 3.8) is 0 Å². The Bertz CT molecular complexity index is 552. The third-order valence-electron chi connectivity index (χ3n) is 3.01. The van der Waals surface area contributed by atoms with Crippen LogP contribution in [0.5, 0.6) is 0 Å². The van der Waals surface area contributed by atoms with Crippen LogP contribution in [0.15, 0.2) is 36.5 Å². The van der Waals surface area contributed by atoms with Crippen molar-refractivity contribution in [3.05, 3.63) is 42.2 Å². The predicted molar refractivity (Wildman–Crippen MR) is 71.3 cm³/mol. The Kier molecular flexibility index (Phi) is 4.92. The van der Waals surface area contributed by atoms with Gasteiger partial charge in [0.1, 0.15) is 5.69 Å². The van der Waals surface area contributed by atoms with Crippen LogP contribution in [0.3, 0.4) is 0 Å². The molecule has 0 fully saturated rings. The molecule has 3 N–H and O–H groups in total. The summed E-state index contributed by atoms with van der Waals surface area (Å²) < 4.78 is 36.5. The fraction of sp³-hybridized carbons (Fsp3) is 0.385. The van der Waals surface area contributed by atoms with Crippen molar-refractivity contribution in [1.29, 1.82) is 0 Å². The molecule has 0 aliphatic heterocycles. The van der Waals surface area contributed by atoms with E-state index in [1.807, 2.05) is 30.3 Å². The molecule has 1 atom stereocenters. The first-order chi connectivity index (χ1) is 9.99. The molecule has 0 saturated heterocycles. The monoisotopic (exact) mass is 299 g/mol. The zero-order valence-corrected chi connectivity index (χ0v) is 11.2. The van der Waals surface area contributed by atoms with Crippen molar-refractivity contribution in [1.82, 2.24) is 20.4 Å². The van der Waals surface area contributed by atoms with Gasteiger partial charge >= 0.3 is 6.18 Å². The maximum absolute atomic E-state index is 12.2. The van der Waals surface area contributed by atoms with Crippen LogP contribution >= 0.6 is 0 Å². The largest absolute Gasteiger partial charge is 0.389 e. The summed E-state index contributed by atoms with van der Waals surface area (Å²) in [4.78, 5) is 1.42. The minimum atomic E-state index is -4.15. The Labute approximate surface area is 119 Å². The number of benzene rings is 1. The first-order valence-electron chi connectivity index (χ1n) is 6.50. The van der Waals surface area contributed by atoms with Gasteiger partial charge in [-0.05, 0) is 25.0 Å². The van der Waals surface area contributed by atoms with Gasteiger partial charge in [0.2, 0.25) is 0 Å². The van der Waals surface area contributed by atoms with E-state index in [2.05, 4.69) is 15.6 Å². The molecule has 114 valence electrons. The van der Waals surface area contributed by atoms with Crippen LogP contribution in [0.1, 0.15) is 31.0 Å². The van der Waals surface area contributed by atoms with Crippen molar-refractivity contribution in [3.8, 4) is 5.69 Å². The lowest BCUT2D eigenvalue weighted by atomic mass is 10.1. The summed E-state index contributed by atoms with van der Waals surface area (Å²) in [5.74, 6) is 5.39. The van der Waals surface area contributed by atoms with Crippen molar-refractivity contribution < 1.29 is 13.2 Å². The Hall–Kier alpha value is -1.93. The van der Waals surface area contributed by atoms with E-state index in [-0.39, 0.29) is 12.8 Å². The minimum Gasteiger partial charge on any atom is -0.271 e. The summed E-state index contributed by atoms with van der Waals surface area (Å²) in [6.07, 6.45) is -3.26. The second kappa shape index (κ2) is 6.68. The third kappa shape index (κ3) is 4.54. The molecule has 0 aliphatic rings. The highest BCUT2D eigenvalue weighted by Gasteiger charge is 2.27. The first-order valence-corrected chi connectivity index (χ1v) is 6.50. The fourth-order valence-corrected chi connectivity index (χ4v) is 1.94. The average Bonchev–Trinajstić information content (AvgIpc) is 2.93. The number of rotatable bonds is 6. The molecule has 0 radical (unpaired) electrons. The van der Waals surface area contributed by atoms with E-state index < -0.39 is 18.6 Å². The Morgan fingerprint density at radius 1 is 1.24 bits per heavy atom. The topological polar surface area (TPSA) is 68.8 Å². The fourth-order valence-electron chi connectivity index (χ4n) is 1.94. The van der Waals surface area contributed by atoms with E-state index in [0.717, 1.165) is 5.69 Å². The van der Waals surface area contributed by atoms with E-state index in [0.29, 0.717) is 5.69 Å². The minimum absolute atomic E-state index is 0.0173. The van der Waals surface area contributed by atoms with Crippen molar-refractivity contribution in [2.45, 2.75) is 31.5 Å². The Morgan fingerprint density at radius 3 is 2.57 bits per heavy atom. The quantitative estimate of drug-likeness (QED) is 0.635. The van der Waals surface area contributed by atoms with Gasteiger partial charge < -0.3 is 0 Å². The Balaban J connectivity index is 2.01. The van der Waals surface area contributed by atoms with E-state index in [9.17, 15) is 13.2 Å². The van der Waals surface area contributed by atoms with E-state index in [1.54, 1.807) is 0 Å². The number of hydrogen-bond acceptors (Lipinski definition) is 4. The van der Waals surface area contributed by atoms with Gasteiger partial charge in [-0.1, -0.05) is 18.2 Å². The predicted octanol–water partition coefficient (Wildman–Crippen LogP) is 2.50. The van der Waals surface area contributed by atoms with Crippen molar-refractivity contribution in [2.24, 2.45) is 5.84 Å². The molecule has 1 unspecified atom stereocenters. The van der Waals surface area contributed by atoms with Gasteiger partial charge in [-0.25, -0.2) is 0 Å². The third-order valence-corrected chi connectivity index (χ3v) is 3.01. The molecule has 5 nitrogen and oxygen atoms in total. The summed E-state index contributed by atoms with van der Waals surface area (Å²) in [6.45, 7) is 0. The van der Waals surface area contributed by atoms with Crippen LogP contribution in [0.2, 0.25) is 0 Å². The highest BCUT2D eigenvalue weighted by molar-refractivity contribution is 5.28. The summed E-state index contributed by atoms with van der Waals surface area (Å²) in [5, 5.41) is 8.35. The van der Waals surface area contributed by atoms with Gasteiger partial charge in [0, 0.05) is 6.42 Å². The highest BCUT2D eigenvalue weighted by Crippen LogP contribution is 2.25. The number of hydrazine groups is 1. The molecule has 1 aromatic carbocycles. The molecule has 0 spiro atoms. The average molecular weight is 299 g/mol. The molecule has 0 bridgehead atoms. The first kappa shape index (κ1) is 15.5. The maximum atomic E-state index is 12.2. The van der Waals surface area contributed by atoms with Crippen molar-refractivity contribution in [2.75, 3.05) is 0 Å². The smallest absolute Gasteiger partial charge is 0.271 e. The van der Waals surface area contributed by atoms with Crippen LogP contribution in [0.25, 0.3) is 5.69 Å². The standard InChI is InChI=1S/C13H16F3N5/c14-13(15,16)8-4-7-11(19-17)12-9-18-21(20-12)10-5-2-1-3-6-10/h1-3,5-6,9,11,19H,4,7-8,17H2. The number of nitrogens with two attached hydrogens (primary N) is 1. The molecular weight excluding hydrogens is 283 g/mol. The molecular formula is C13H16F3N5. The normalized spacial score (nSPS) is 13.3. The van der Waals surface area contributed by atoms with Gasteiger partial charge in [0.15, 0.2) is 0 Å². The van der Waals surface area contributed by atoms with Crippen LogP contribution in [0.4, 0.5) is 13.2 Å². The Morgan fingerprint density at radius 2 is 1.95 bits per heavy atom. The number of alkyl halides is 3. The summed E-state index contributed by atoms with van der Waals surface area (Å²) in [7, 11) is 0. The zero-order valence-electron chi connectivity index (χ0n) is 11.2. The van der Waals surface area contributed by atoms with Crippen molar-refractivity contribution >= 4 is 0 Å². The number of hydrogen-bond donors (Lipinski definition) is 2. The molecule has 2 rings (SSSR count). The number of nitrogens with zero attached hydrogens (tertiary/aromatic N) is 3. The second-order valence-electron chi connectivity index (χ2n) is 4.62. The molecule has 21 heavy (non-hydrogen) atoms. The molecule has 8 heteroatoms.